The fourth-order valence-corrected chi connectivity index (χ4v) is 4.36. The van der Waals surface area contributed by atoms with E-state index in [9.17, 15) is 13.6 Å². The molecular weight excluding hydrogens is 368 g/mol. The van der Waals surface area contributed by atoms with Crippen LogP contribution in [0.3, 0.4) is 0 Å². The average Bonchev–Trinajstić information content (AvgIpc) is 3.26. The van der Waals surface area contributed by atoms with Crippen molar-refractivity contribution < 1.29 is 13.6 Å². The van der Waals surface area contributed by atoms with Crippen LogP contribution in [0, 0.1) is 11.6 Å². The van der Waals surface area contributed by atoms with Gasteiger partial charge in [0.1, 0.15) is 11.6 Å². The summed E-state index contributed by atoms with van der Waals surface area (Å²) in [6, 6.07) is 5.49. The second-order valence-corrected chi connectivity index (χ2v) is 7.70. The Balaban J connectivity index is 1.55. The first-order valence-electron chi connectivity index (χ1n) is 8.86. The molecule has 1 atom stereocenters. The molecule has 0 radical (unpaired) electrons. The predicted octanol–water partition coefficient (Wildman–Crippen LogP) is 4.58. The SMILES string of the molecule is CC(=O)c1cc(CN[C@@H]2CCCc3c2cnn3-c2cc(F)cc(F)c2)cs1. The molecule has 0 spiro atoms. The van der Waals surface area contributed by atoms with E-state index in [1.54, 1.807) is 17.8 Å². The first-order valence-corrected chi connectivity index (χ1v) is 9.74. The largest absolute Gasteiger partial charge is 0.306 e. The average molecular weight is 387 g/mol. The van der Waals surface area contributed by atoms with Gasteiger partial charge in [-0.3, -0.25) is 4.79 Å². The van der Waals surface area contributed by atoms with E-state index in [4.69, 9.17) is 0 Å². The van der Waals surface area contributed by atoms with Crippen molar-refractivity contribution in [1.29, 1.82) is 0 Å². The van der Waals surface area contributed by atoms with Gasteiger partial charge >= 0.3 is 0 Å². The lowest BCUT2D eigenvalue weighted by Gasteiger charge is -2.24. The third-order valence-electron chi connectivity index (χ3n) is 4.83. The van der Waals surface area contributed by atoms with E-state index in [-0.39, 0.29) is 11.8 Å². The molecule has 0 aliphatic heterocycles. The van der Waals surface area contributed by atoms with E-state index in [1.165, 1.54) is 23.5 Å². The predicted molar refractivity (Wildman–Crippen MR) is 100 cm³/mol. The summed E-state index contributed by atoms with van der Waals surface area (Å²) >= 11 is 1.46. The number of ketones is 1. The minimum atomic E-state index is -0.613. The minimum absolute atomic E-state index is 0.0785. The molecule has 1 aromatic carbocycles. The number of carbonyl (C=O) groups excluding carboxylic acids is 1. The Hall–Kier alpha value is -2.38. The molecule has 0 bridgehead atoms. The van der Waals surface area contributed by atoms with Gasteiger partial charge in [0.25, 0.3) is 0 Å². The number of rotatable bonds is 5. The summed E-state index contributed by atoms with van der Waals surface area (Å²) in [6.45, 7) is 2.23. The van der Waals surface area contributed by atoms with Gasteiger partial charge < -0.3 is 5.32 Å². The lowest BCUT2D eigenvalue weighted by molar-refractivity contribution is 0.102. The summed E-state index contributed by atoms with van der Waals surface area (Å²) < 4.78 is 28.8. The lowest BCUT2D eigenvalue weighted by atomic mass is 9.92. The molecule has 1 aliphatic carbocycles. The summed E-state index contributed by atoms with van der Waals surface area (Å²) in [7, 11) is 0. The smallest absolute Gasteiger partial charge is 0.169 e. The van der Waals surface area contributed by atoms with Crippen molar-refractivity contribution in [2.24, 2.45) is 0 Å². The Labute approximate surface area is 159 Å². The number of hydrogen-bond donors (Lipinski definition) is 1. The summed E-state index contributed by atoms with van der Waals surface area (Å²) in [5.74, 6) is -1.15. The first kappa shape index (κ1) is 18.0. The van der Waals surface area contributed by atoms with E-state index >= 15 is 0 Å². The van der Waals surface area contributed by atoms with Gasteiger partial charge in [0.2, 0.25) is 0 Å². The Morgan fingerprint density at radius 3 is 2.78 bits per heavy atom. The molecule has 27 heavy (non-hydrogen) atoms. The monoisotopic (exact) mass is 387 g/mol. The van der Waals surface area contributed by atoms with E-state index in [0.29, 0.717) is 12.2 Å². The zero-order valence-electron chi connectivity index (χ0n) is 14.8. The van der Waals surface area contributed by atoms with Crippen LogP contribution in [-0.4, -0.2) is 15.6 Å². The van der Waals surface area contributed by atoms with Crippen molar-refractivity contribution in [3.05, 3.63) is 69.2 Å². The van der Waals surface area contributed by atoms with Crippen LogP contribution in [0.5, 0.6) is 0 Å². The van der Waals surface area contributed by atoms with Gasteiger partial charge in [0, 0.05) is 29.9 Å². The van der Waals surface area contributed by atoms with E-state index < -0.39 is 11.6 Å². The van der Waals surface area contributed by atoms with Crippen LogP contribution >= 0.6 is 11.3 Å². The summed E-state index contributed by atoms with van der Waals surface area (Å²) in [4.78, 5) is 12.2. The van der Waals surface area contributed by atoms with Crippen molar-refractivity contribution in [2.75, 3.05) is 0 Å². The molecule has 2 aromatic heterocycles. The molecule has 140 valence electrons. The molecule has 4 nitrogen and oxygen atoms in total. The number of nitrogens with one attached hydrogen (secondary N) is 1. The standard InChI is InChI=1S/C20H19F2N3OS/c1-12(26)20-5-13(11-27-20)9-23-18-3-2-4-19-17(18)10-24-25(19)16-7-14(21)6-15(22)8-16/h5-8,10-11,18,23H,2-4,9H2,1H3/t18-/m1/s1. The van der Waals surface area contributed by atoms with Gasteiger partial charge in [-0.1, -0.05) is 0 Å². The van der Waals surface area contributed by atoms with Crippen LogP contribution in [0.1, 0.15) is 52.3 Å². The third kappa shape index (κ3) is 3.70. The highest BCUT2D eigenvalue weighted by Crippen LogP contribution is 2.31. The fraction of sp³-hybridized carbons (Fsp3) is 0.300. The molecule has 4 rings (SSSR count). The Morgan fingerprint density at radius 2 is 2.07 bits per heavy atom. The van der Waals surface area contributed by atoms with Gasteiger partial charge in [0.15, 0.2) is 5.78 Å². The summed E-state index contributed by atoms with van der Waals surface area (Å²) in [6.07, 6.45) is 4.54. The van der Waals surface area contributed by atoms with Gasteiger partial charge in [0.05, 0.1) is 16.8 Å². The molecule has 1 aliphatic rings. The molecule has 0 amide bonds. The second-order valence-electron chi connectivity index (χ2n) is 6.79. The Bertz CT molecular complexity index is 975. The van der Waals surface area contributed by atoms with Crippen molar-refractivity contribution in [1.82, 2.24) is 15.1 Å². The van der Waals surface area contributed by atoms with Gasteiger partial charge in [-0.15, -0.1) is 11.3 Å². The maximum atomic E-state index is 13.6. The highest BCUT2D eigenvalue weighted by Gasteiger charge is 2.25. The molecule has 0 unspecified atom stereocenters. The van der Waals surface area contributed by atoms with E-state index in [0.717, 1.165) is 47.0 Å². The van der Waals surface area contributed by atoms with Crippen LogP contribution in [0.2, 0.25) is 0 Å². The van der Waals surface area contributed by atoms with Crippen LogP contribution in [0.25, 0.3) is 5.69 Å². The molecular formula is C20H19F2N3OS. The number of fused-ring (bicyclic) bond motifs is 1. The minimum Gasteiger partial charge on any atom is -0.306 e. The number of nitrogens with zero attached hydrogens (tertiary/aromatic N) is 2. The van der Waals surface area contributed by atoms with E-state index in [2.05, 4.69) is 10.4 Å². The van der Waals surface area contributed by atoms with Crippen LogP contribution < -0.4 is 5.32 Å². The maximum Gasteiger partial charge on any atom is 0.169 e. The molecule has 0 fully saturated rings. The van der Waals surface area contributed by atoms with Gasteiger partial charge in [-0.25, -0.2) is 13.5 Å². The number of aromatic nitrogens is 2. The number of thiophene rings is 1. The molecule has 1 N–H and O–H groups in total. The van der Waals surface area contributed by atoms with Crippen molar-refractivity contribution >= 4 is 17.1 Å². The Morgan fingerprint density at radius 1 is 1.30 bits per heavy atom. The maximum absolute atomic E-state index is 13.6. The fourth-order valence-electron chi connectivity index (χ4n) is 3.55. The zero-order chi connectivity index (χ0) is 19.0. The Kier molecular flexibility index (Phi) is 4.88. The highest BCUT2D eigenvalue weighted by molar-refractivity contribution is 7.12. The van der Waals surface area contributed by atoms with Crippen LogP contribution in [0.4, 0.5) is 8.78 Å². The first-order chi connectivity index (χ1) is 13.0. The van der Waals surface area contributed by atoms with Crippen molar-refractivity contribution in [2.45, 2.75) is 38.8 Å². The molecule has 7 heteroatoms. The van der Waals surface area contributed by atoms with Crippen molar-refractivity contribution in [3.63, 3.8) is 0 Å². The summed E-state index contributed by atoms with van der Waals surface area (Å²) in [5.41, 5.74) is 3.53. The molecule has 0 saturated carbocycles. The van der Waals surface area contributed by atoms with Crippen molar-refractivity contribution in [3.8, 4) is 5.69 Å². The second kappa shape index (κ2) is 7.32. The van der Waals surface area contributed by atoms with Crippen LogP contribution in [0.15, 0.2) is 35.8 Å². The molecule has 3 aromatic rings. The number of Topliss-reactive ketones (excluding diaryl/α,β-unsaturated/α-hetero) is 1. The highest BCUT2D eigenvalue weighted by atomic mass is 32.1. The number of halogens is 2. The summed E-state index contributed by atoms with van der Waals surface area (Å²) in [5, 5.41) is 9.90. The topological polar surface area (TPSA) is 46.9 Å². The number of benzene rings is 1. The molecule has 2 heterocycles. The number of carbonyl (C=O) groups is 1. The lowest BCUT2D eigenvalue weighted by Crippen LogP contribution is -2.24. The van der Waals surface area contributed by atoms with E-state index in [1.807, 2.05) is 11.4 Å². The quantitative estimate of drug-likeness (QED) is 0.652. The molecule has 0 saturated heterocycles. The zero-order valence-corrected chi connectivity index (χ0v) is 15.7. The van der Waals surface area contributed by atoms with Gasteiger partial charge in [-0.2, -0.15) is 5.10 Å². The normalized spacial score (nSPS) is 16.3. The third-order valence-corrected chi connectivity index (χ3v) is 5.91. The van der Waals surface area contributed by atoms with Crippen LogP contribution in [-0.2, 0) is 13.0 Å². The number of hydrogen-bond acceptors (Lipinski definition) is 4. The van der Waals surface area contributed by atoms with Gasteiger partial charge in [-0.05, 0) is 55.3 Å².